The van der Waals surface area contributed by atoms with Crippen LogP contribution in [0.4, 0.5) is 0 Å². The number of thioether (sulfide) groups is 1. The van der Waals surface area contributed by atoms with Crippen LogP contribution in [-0.4, -0.2) is 48.4 Å². The van der Waals surface area contributed by atoms with Crippen LogP contribution in [0.1, 0.15) is 4.88 Å². The maximum absolute atomic E-state index is 12.6. The van der Waals surface area contributed by atoms with Crippen molar-refractivity contribution in [2.75, 3.05) is 12.3 Å². The van der Waals surface area contributed by atoms with Crippen LogP contribution in [0.2, 0.25) is 0 Å². The first-order chi connectivity index (χ1) is 12.7. The van der Waals surface area contributed by atoms with Gasteiger partial charge in [0.05, 0.1) is 18.0 Å². The molecule has 0 aliphatic heterocycles. The summed E-state index contributed by atoms with van der Waals surface area (Å²) in [6, 6.07) is 10.5. The Labute approximate surface area is 159 Å². The Morgan fingerprint density at radius 3 is 2.85 bits per heavy atom. The third-order valence-corrected chi connectivity index (χ3v) is 5.25. The van der Waals surface area contributed by atoms with Crippen LogP contribution in [-0.2, 0) is 11.3 Å². The molecule has 0 unspecified atom stereocenters. The smallest absolute Gasteiger partial charge is 0.233 e. The van der Waals surface area contributed by atoms with Crippen molar-refractivity contribution in [2.24, 2.45) is 0 Å². The zero-order chi connectivity index (χ0) is 18.4. The largest absolute Gasteiger partial charge is 0.508 e. The minimum Gasteiger partial charge on any atom is -0.508 e. The molecule has 0 spiro atoms. The summed E-state index contributed by atoms with van der Waals surface area (Å²) >= 11 is 2.89. The average molecular weight is 387 g/mol. The van der Waals surface area contributed by atoms with E-state index in [9.17, 15) is 9.90 Å². The number of phenols is 1. The number of amides is 1. The molecule has 0 fully saturated rings. The highest BCUT2D eigenvalue weighted by Gasteiger charge is 2.16. The molecule has 1 N–H and O–H groups in total. The first kappa shape index (κ1) is 18.2. The summed E-state index contributed by atoms with van der Waals surface area (Å²) in [5.41, 5.74) is 0.712. The van der Waals surface area contributed by atoms with E-state index in [2.05, 4.69) is 22.1 Å². The second-order valence-corrected chi connectivity index (χ2v) is 7.30. The summed E-state index contributed by atoms with van der Waals surface area (Å²) in [6.45, 7) is 4.78. The Balaban J connectivity index is 1.66. The van der Waals surface area contributed by atoms with E-state index in [1.165, 1.54) is 16.4 Å². The highest BCUT2D eigenvalue weighted by Crippen LogP contribution is 2.21. The molecule has 7 nitrogen and oxygen atoms in total. The van der Waals surface area contributed by atoms with Gasteiger partial charge in [-0.3, -0.25) is 4.79 Å². The lowest BCUT2D eigenvalue weighted by molar-refractivity contribution is -0.128. The van der Waals surface area contributed by atoms with Crippen molar-refractivity contribution in [2.45, 2.75) is 11.7 Å². The summed E-state index contributed by atoms with van der Waals surface area (Å²) < 4.78 is 1.54. The van der Waals surface area contributed by atoms with Crippen molar-refractivity contribution >= 4 is 29.0 Å². The van der Waals surface area contributed by atoms with Gasteiger partial charge in [-0.15, -0.1) is 23.0 Å². The minimum atomic E-state index is -0.0106. The van der Waals surface area contributed by atoms with Crippen molar-refractivity contribution in [1.82, 2.24) is 25.1 Å². The monoisotopic (exact) mass is 387 g/mol. The molecule has 1 aromatic carbocycles. The first-order valence-electron chi connectivity index (χ1n) is 7.79. The summed E-state index contributed by atoms with van der Waals surface area (Å²) in [5, 5.41) is 23.5. The van der Waals surface area contributed by atoms with Gasteiger partial charge >= 0.3 is 0 Å². The molecule has 26 heavy (non-hydrogen) atoms. The lowest BCUT2D eigenvalue weighted by Gasteiger charge is -2.20. The van der Waals surface area contributed by atoms with E-state index in [1.807, 2.05) is 17.5 Å². The summed E-state index contributed by atoms with van der Waals surface area (Å²) in [4.78, 5) is 15.5. The van der Waals surface area contributed by atoms with Crippen molar-refractivity contribution in [1.29, 1.82) is 0 Å². The van der Waals surface area contributed by atoms with E-state index in [1.54, 1.807) is 46.6 Å². The maximum atomic E-state index is 12.6. The van der Waals surface area contributed by atoms with E-state index < -0.39 is 0 Å². The van der Waals surface area contributed by atoms with E-state index in [-0.39, 0.29) is 17.4 Å². The van der Waals surface area contributed by atoms with Gasteiger partial charge in [0.25, 0.3) is 0 Å². The van der Waals surface area contributed by atoms with E-state index in [4.69, 9.17) is 0 Å². The van der Waals surface area contributed by atoms with E-state index >= 15 is 0 Å². The predicted molar refractivity (Wildman–Crippen MR) is 101 cm³/mol. The molecule has 3 rings (SSSR count). The first-order valence-corrected chi connectivity index (χ1v) is 9.65. The molecule has 0 aliphatic carbocycles. The van der Waals surface area contributed by atoms with Gasteiger partial charge in [-0.1, -0.05) is 23.9 Å². The lowest BCUT2D eigenvalue weighted by atomic mass is 10.3. The molecular weight excluding hydrogens is 370 g/mol. The molecule has 2 heterocycles. The Hall–Kier alpha value is -2.65. The molecule has 3 aromatic rings. The number of carbonyl (C=O) groups excluding carboxylic acids is 1. The molecule has 2 aromatic heterocycles. The van der Waals surface area contributed by atoms with Crippen LogP contribution in [0, 0.1) is 0 Å². The molecule has 0 bridgehead atoms. The van der Waals surface area contributed by atoms with Gasteiger partial charge in [-0.25, -0.2) is 0 Å². The normalized spacial score (nSPS) is 10.6. The third kappa shape index (κ3) is 4.50. The number of aromatic hydroxyl groups is 1. The van der Waals surface area contributed by atoms with Gasteiger partial charge in [0.1, 0.15) is 5.75 Å². The van der Waals surface area contributed by atoms with Crippen molar-refractivity contribution in [3.8, 4) is 11.4 Å². The van der Waals surface area contributed by atoms with Crippen LogP contribution in [0.15, 0.2) is 59.6 Å². The van der Waals surface area contributed by atoms with Gasteiger partial charge < -0.3 is 10.0 Å². The Morgan fingerprint density at radius 1 is 1.35 bits per heavy atom. The SMILES string of the molecule is C=CCN(Cc1cccs1)C(=O)CSc1nnnn1-c1ccc(O)cc1. The van der Waals surface area contributed by atoms with Crippen LogP contribution >= 0.6 is 23.1 Å². The number of hydrogen-bond acceptors (Lipinski definition) is 7. The van der Waals surface area contributed by atoms with Crippen molar-refractivity contribution in [3.05, 3.63) is 59.3 Å². The van der Waals surface area contributed by atoms with Gasteiger partial charge in [0.15, 0.2) is 0 Å². The minimum absolute atomic E-state index is 0.0106. The third-order valence-electron chi connectivity index (χ3n) is 3.49. The predicted octanol–water partition coefficient (Wildman–Crippen LogP) is 2.74. The van der Waals surface area contributed by atoms with Crippen LogP contribution in [0.3, 0.4) is 0 Å². The molecular formula is C17H17N5O2S2. The average Bonchev–Trinajstić information content (AvgIpc) is 3.31. The molecule has 0 saturated carbocycles. The number of tetrazole rings is 1. The second kappa shape index (κ2) is 8.63. The molecule has 0 radical (unpaired) electrons. The number of nitrogens with zero attached hydrogens (tertiary/aromatic N) is 5. The molecule has 0 saturated heterocycles. The summed E-state index contributed by atoms with van der Waals surface area (Å²) in [6.07, 6.45) is 1.72. The number of carbonyl (C=O) groups is 1. The van der Waals surface area contributed by atoms with Gasteiger partial charge in [-0.05, 0) is 46.1 Å². The maximum Gasteiger partial charge on any atom is 0.233 e. The summed E-state index contributed by atoms with van der Waals surface area (Å²) in [5.74, 6) is 0.376. The van der Waals surface area contributed by atoms with Crippen molar-refractivity contribution in [3.63, 3.8) is 0 Å². The van der Waals surface area contributed by atoms with Crippen LogP contribution < -0.4 is 0 Å². The Morgan fingerprint density at radius 2 is 2.15 bits per heavy atom. The highest BCUT2D eigenvalue weighted by atomic mass is 32.2. The fourth-order valence-corrected chi connectivity index (χ4v) is 3.76. The second-order valence-electron chi connectivity index (χ2n) is 5.32. The van der Waals surface area contributed by atoms with Crippen molar-refractivity contribution < 1.29 is 9.90 Å². The van der Waals surface area contributed by atoms with Gasteiger partial charge in [0, 0.05) is 11.4 Å². The highest BCUT2D eigenvalue weighted by molar-refractivity contribution is 7.99. The Bertz CT molecular complexity index is 862. The Kier molecular flexibility index (Phi) is 6.03. The van der Waals surface area contributed by atoms with E-state index in [0.29, 0.717) is 23.9 Å². The number of benzene rings is 1. The topological polar surface area (TPSA) is 84.1 Å². The fourth-order valence-electron chi connectivity index (χ4n) is 2.24. The van der Waals surface area contributed by atoms with Gasteiger partial charge in [0.2, 0.25) is 11.1 Å². The molecule has 1 amide bonds. The summed E-state index contributed by atoms with van der Waals surface area (Å²) in [7, 11) is 0. The number of phenolic OH excluding ortho intramolecular Hbond substituents is 1. The number of aromatic nitrogens is 4. The van der Waals surface area contributed by atoms with Crippen LogP contribution in [0.5, 0.6) is 5.75 Å². The number of rotatable bonds is 8. The van der Waals surface area contributed by atoms with Crippen LogP contribution in [0.25, 0.3) is 5.69 Å². The fraction of sp³-hybridized carbons (Fsp3) is 0.176. The standard InChI is InChI=1S/C17H17N5O2S2/c1-2-9-21(11-15-4-3-10-25-15)16(24)12-26-17-18-19-20-22(17)13-5-7-14(23)8-6-13/h2-8,10,23H,1,9,11-12H2. The quantitative estimate of drug-likeness (QED) is 0.473. The molecule has 0 aliphatic rings. The zero-order valence-corrected chi connectivity index (χ0v) is 15.5. The van der Waals surface area contributed by atoms with E-state index in [0.717, 1.165) is 4.88 Å². The van der Waals surface area contributed by atoms with Gasteiger partial charge in [-0.2, -0.15) is 4.68 Å². The molecule has 9 heteroatoms. The zero-order valence-electron chi connectivity index (χ0n) is 13.9. The lowest BCUT2D eigenvalue weighted by Crippen LogP contribution is -2.31. The molecule has 0 atom stereocenters. The number of hydrogen-bond donors (Lipinski definition) is 1. The number of thiophene rings is 1. The molecule has 134 valence electrons.